The van der Waals surface area contributed by atoms with Crippen molar-refractivity contribution in [2.24, 2.45) is 17.1 Å². The molecule has 33 heavy (non-hydrogen) atoms. The molecule has 0 bridgehead atoms. The highest BCUT2D eigenvalue weighted by Gasteiger charge is 2.51. The van der Waals surface area contributed by atoms with E-state index in [0.717, 1.165) is 12.0 Å². The van der Waals surface area contributed by atoms with Crippen LogP contribution in [0.3, 0.4) is 0 Å². The molecule has 0 saturated carbocycles. The van der Waals surface area contributed by atoms with Gasteiger partial charge in [-0.3, -0.25) is 9.59 Å². The van der Waals surface area contributed by atoms with Crippen LogP contribution in [0, 0.1) is 11.3 Å². The van der Waals surface area contributed by atoms with Gasteiger partial charge in [-0.2, -0.15) is 0 Å². The summed E-state index contributed by atoms with van der Waals surface area (Å²) in [6.45, 7) is 12.8. The van der Waals surface area contributed by atoms with Crippen LogP contribution in [-0.2, 0) is 30.2 Å². The zero-order chi connectivity index (χ0) is 24.4. The number of nitrogens with two attached hydrogens (primary N) is 1. The standard InChI is InChI=1S/C25H39BN2O5/c1-18(27)21(29)28-15-20(12-13-26-32-23(2,3)24(4,5)33-26)14-25(6,17-28)22(30)31-16-19-10-8-7-9-11-19/h7-11,18,20H,12-17,27H2,1-6H3/t18-,20-,25+/m0/s1. The number of piperidine rings is 1. The van der Waals surface area contributed by atoms with Gasteiger partial charge in [0.05, 0.1) is 22.7 Å². The average Bonchev–Trinajstić information content (AvgIpc) is 2.96. The summed E-state index contributed by atoms with van der Waals surface area (Å²) in [7, 11) is -0.300. The molecule has 0 radical (unpaired) electrons. The smallest absolute Gasteiger partial charge is 0.457 e. The molecular weight excluding hydrogens is 419 g/mol. The molecule has 182 valence electrons. The highest BCUT2D eigenvalue weighted by atomic mass is 16.7. The second-order valence-electron chi connectivity index (χ2n) is 11.0. The minimum atomic E-state index is -0.793. The van der Waals surface area contributed by atoms with Crippen LogP contribution in [0.4, 0.5) is 0 Å². The summed E-state index contributed by atoms with van der Waals surface area (Å²) in [4.78, 5) is 27.7. The molecule has 0 aromatic heterocycles. The number of likely N-dealkylation sites (tertiary alicyclic amines) is 1. The van der Waals surface area contributed by atoms with Crippen LogP contribution < -0.4 is 5.73 Å². The third-order valence-electron chi connectivity index (χ3n) is 7.28. The summed E-state index contributed by atoms with van der Waals surface area (Å²) >= 11 is 0. The van der Waals surface area contributed by atoms with Gasteiger partial charge in [0, 0.05) is 13.1 Å². The number of rotatable bonds is 7. The van der Waals surface area contributed by atoms with E-state index in [9.17, 15) is 9.59 Å². The first kappa shape index (κ1) is 25.7. The Hall–Kier alpha value is -1.90. The zero-order valence-electron chi connectivity index (χ0n) is 20.9. The van der Waals surface area contributed by atoms with E-state index in [4.69, 9.17) is 19.8 Å². The van der Waals surface area contributed by atoms with Crippen molar-refractivity contribution in [3.63, 3.8) is 0 Å². The fraction of sp³-hybridized carbons (Fsp3) is 0.680. The van der Waals surface area contributed by atoms with Crippen molar-refractivity contribution >= 4 is 19.0 Å². The lowest BCUT2D eigenvalue weighted by molar-refractivity contribution is -0.163. The van der Waals surface area contributed by atoms with Gasteiger partial charge in [-0.1, -0.05) is 36.8 Å². The number of carbonyl (C=O) groups excluding carboxylic acids is 2. The van der Waals surface area contributed by atoms with E-state index in [1.807, 2.05) is 65.0 Å². The Morgan fingerprint density at radius 2 is 1.76 bits per heavy atom. The summed E-state index contributed by atoms with van der Waals surface area (Å²) in [6.07, 6.45) is 2.12. The quantitative estimate of drug-likeness (QED) is 0.498. The predicted octanol–water partition coefficient (Wildman–Crippen LogP) is 3.41. The third kappa shape index (κ3) is 5.97. The normalized spacial score (nSPS) is 27.3. The highest BCUT2D eigenvalue weighted by Crippen LogP contribution is 2.41. The van der Waals surface area contributed by atoms with Gasteiger partial charge in [-0.05, 0) is 65.8 Å². The van der Waals surface area contributed by atoms with Crippen molar-refractivity contribution in [2.45, 2.75) is 84.6 Å². The molecule has 0 spiro atoms. The lowest BCUT2D eigenvalue weighted by atomic mass is 9.71. The molecule has 8 heteroatoms. The Morgan fingerprint density at radius 3 is 2.33 bits per heavy atom. The van der Waals surface area contributed by atoms with Crippen molar-refractivity contribution in [3.05, 3.63) is 35.9 Å². The first-order chi connectivity index (χ1) is 15.3. The van der Waals surface area contributed by atoms with Gasteiger partial charge in [0.1, 0.15) is 6.61 Å². The topological polar surface area (TPSA) is 91.1 Å². The van der Waals surface area contributed by atoms with Gasteiger partial charge < -0.3 is 24.7 Å². The molecule has 1 aromatic carbocycles. The molecule has 2 heterocycles. The summed E-state index contributed by atoms with van der Waals surface area (Å²) in [5.41, 5.74) is 5.28. The van der Waals surface area contributed by atoms with Crippen molar-refractivity contribution in [1.29, 1.82) is 0 Å². The number of ether oxygens (including phenoxy) is 1. The van der Waals surface area contributed by atoms with Gasteiger partial charge in [0.25, 0.3) is 0 Å². The van der Waals surface area contributed by atoms with Gasteiger partial charge >= 0.3 is 13.1 Å². The Morgan fingerprint density at radius 1 is 1.15 bits per heavy atom. The van der Waals surface area contributed by atoms with E-state index < -0.39 is 11.5 Å². The van der Waals surface area contributed by atoms with Gasteiger partial charge in [-0.15, -0.1) is 0 Å². The first-order valence-electron chi connectivity index (χ1n) is 11.9. The van der Waals surface area contributed by atoms with E-state index >= 15 is 0 Å². The predicted molar refractivity (Wildman–Crippen MR) is 128 cm³/mol. The second kappa shape index (κ2) is 9.76. The number of amides is 1. The van der Waals surface area contributed by atoms with Crippen LogP contribution >= 0.6 is 0 Å². The van der Waals surface area contributed by atoms with E-state index in [1.54, 1.807) is 11.8 Å². The fourth-order valence-corrected chi connectivity index (χ4v) is 4.71. The van der Waals surface area contributed by atoms with Gasteiger partial charge in [-0.25, -0.2) is 0 Å². The molecule has 1 aromatic rings. The summed E-state index contributed by atoms with van der Waals surface area (Å²) < 4.78 is 18.0. The number of carbonyl (C=O) groups is 2. The van der Waals surface area contributed by atoms with E-state index in [1.165, 1.54) is 0 Å². The maximum Gasteiger partial charge on any atom is 0.457 e. The maximum absolute atomic E-state index is 13.2. The first-order valence-corrected chi connectivity index (χ1v) is 11.9. The number of nitrogens with zero attached hydrogens (tertiary/aromatic N) is 1. The number of hydrogen-bond donors (Lipinski definition) is 1. The largest absolute Gasteiger partial charge is 0.460 e. The highest BCUT2D eigenvalue weighted by molar-refractivity contribution is 6.45. The zero-order valence-corrected chi connectivity index (χ0v) is 20.9. The Kier molecular flexibility index (Phi) is 7.61. The van der Waals surface area contributed by atoms with Crippen LogP contribution in [0.25, 0.3) is 0 Å². The monoisotopic (exact) mass is 458 g/mol. The molecule has 3 rings (SSSR count). The van der Waals surface area contributed by atoms with Crippen LogP contribution in [-0.4, -0.2) is 54.2 Å². The van der Waals surface area contributed by atoms with Crippen LogP contribution in [0.1, 0.15) is 59.9 Å². The van der Waals surface area contributed by atoms with Crippen molar-refractivity contribution in [1.82, 2.24) is 4.90 Å². The molecule has 2 fully saturated rings. The van der Waals surface area contributed by atoms with Crippen LogP contribution in [0.5, 0.6) is 0 Å². The SMILES string of the molecule is C[C@H](N)C(=O)N1C[C@@H](CCB2OC(C)(C)C(C)(C)O2)C[C@@](C)(C(=O)OCc2ccccc2)C1. The molecule has 0 unspecified atom stereocenters. The molecule has 2 N–H and O–H groups in total. The molecule has 2 aliphatic rings. The number of benzene rings is 1. The molecule has 0 aliphatic carbocycles. The van der Waals surface area contributed by atoms with E-state index in [2.05, 4.69) is 0 Å². The minimum absolute atomic E-state index is 0.120. The van der Waals surface area contributed by atoms with Crippen molar-refractivity contribution < 1.29 is 23.6 Å². The number of hydrogen-bond acceptors (Lipinski definition) is 6. The Labute approximate surface area is 198 Å². The molecule has 7 nitrogen and oxygen atoms in total. The molecule has 2 aliphatic heterocycles. The molecular formula is C25H39BN2O5. The van der Waals surface area contributed by atoms with Gasteiger partial charge in [0.15, 0.2) is 0 Å². The second-order valence-corrected chi connectivity index (χ2v) is 11.0. The average molecular weight is 458 g/mol. The van der Waals surface area contributed by atoms with Crippen molar-refractivity contribution in [3.8, 4) is 0 Å². The van der Waals surface area contributed by atoms with Gasteiger partial charge in [0.2, 0.25) is 5.91 Å². The molecule has 2 saturated heterocycles. The third-order valence-corrected chi connectivity index (χ3v) is 7.28. The molecule has 1 amide bonds. The van der Waals surface area contributed by atoms with Crippen LogP contribution in [0.15, 0.2) is 30.3 Å². The van der Waals surface area contributed by atoms with E-state index in [0.29, 0.717) is 25.8 Å². The number of esters is 1. The lowest BCUT2D eigenvalue weighted by Crippen LogP contribution is -2.55. The Bertz CT molecular complexity index is 828. The molecule has 3 atom stereocenters. The van der Waals surface area contributed by atoms with Crippen molar-refractivity contribution in [2.75, 3.05) is 13.1 Å². The van der Waals surface area contributed by atoms with E-state index in [-0.39, 0.29) is 42.7 Å². The lowest BCUT2D eigenvalue weighted by Gasteiger charge is -2.43. The summed E-state index contributed by atoms with van der Waals surface area (Å²) in [6, 6.07) is 9.00. The summed E-state index contributed by atoms with van der Waals surface area (Å²) in [5.74, 6) is -0.304. The Balaban J connectivity index is 1.67. The van der Waals surface area contributed by atoms with Crippen LogP contribution in [0.2, 0.25) is 6.32 Å². The summed E-state index contributed by atoms with van der Waals surface area (Å²) in [5, 5.41) is 0. The maximum atomic E-state index is 13.2. The fourth-order valence-electron chi connectivity index (χ4n) is 4.71. The minimum Gasteiger partial charge on any atom is -0.460 e.